The van der Waals surface area contributed by atoms with E-state index in [-0.39, 0.29) is 5.92 Å². The number of hydrogen-bond donors (Lipinski definition) is 0. The highest BCUT2D eigenvalue weighted by atomic mass is 35.5. The highest BCUT2D eigenvalue weighted by molar-refractivity contribution is 7.17. The standard InChI is InChI=1S/C19H22ClNOS/c20-15-6-7-18-17(11-15)14(12-23-18)10-13-8-9-21(19(13)22)16-4-2-1-3-5-16/h6-7,11-13,16H,1-5,8-10H2. The second-order valence-corrected chi connectivity index (χ2v) is 8.26. The predicted molar refractivity (Wildman–Crippen MR) is 97.2 cm³/mol. The number of likely N-dealkylation sites (tertiary alicyclic amines) is 1. The van der Waals surface area contributed by atoms with Crippen LogP contribution in [-0.4, -0.2) is 23.4 Å². The van der Waals surface area contributed by atoms with E-state index in [0.717, 1.165) is 24.4 Å². The summed E-state index contributed by atoms with van der Waals surface area (Å²) in [5, 5.41) is 4.21. The highest BCUT2D eigenvalue weighted by Crippen LogP contribution is 2.34. The molecule has 2 fully saturated rings. The van der Waals surface area contributed by atoms with Crippen LogP contribution in [0.2, 0.25) is 5.02 Å². The lowest BCUT2D eigenvalue weighted by Crippen LogP contribution is -2.39. The monoisotopic (exact) mass is 347 g/mol. The molecule has 4 rings (SSSR count). The molecular formula is C19H22ClNOS. The summed E-state index contributed by atoms with van der Waals surface area (Å²) in [6.45, 7) is 0.955. The lowest BCUT2D eigenvalue weighted by molar-refractivity contribution is -0.133. The molecule has 1 aromatic heterocycles. The fourth-order valence-corrected chi connectivity index (χ4v) is 5.31. The first-order valence-electron chi connectivity index (χ1n) is 8.68. The Labute approximate surface area is 146 Å². The average molecular weight is 348 g/mol. The van der Waals surface area contributed by atoms with Gasteiger partial charge >= 0.3 is 0 Å². The van der Waals surface area contributed by atoms with Crippen molar-refractivity contribution in [3.8, 4) is 0 Å². The van der Waals surface area contributed by atoms with E-state index in [9.17, 15) is 4.79 Å². The summed E-state index contributed by atoms with van der Waals surface area (Å²) in [4.78, 5) is 15.0. The van der Waals surface area contributed by atoms with Crippen molar-refractivity contribution in [2.24, 2.45) is 5.92 Å². The van der Waals surface area contributed by atoms with Crippen LogP contribution in [0.5, 0.6) is 0 Å². The molecule has 2 heterocycles. The quantitative estimate of drug-likeness (QED) is 0.739. The first-order valence-corrected chi connectivity index (χ1v) is 9.94. The Kier molecular flexibility index (Phi) is 4.33. The number of carbonyl (C=O) groups excluding carboxylic acids is 1. The first kappa shape index (κ1) is 15.5. The van der Waals surface area contributed by atoms with Gasteiger partial charge in [-0.1, -0.05) is 30.9 Å². The number of halogens is 1. The molecule has 0 spiro atoms. The van der Waals surface area contributed by atoms with Gasteiger partial charge in [0.1, 0.15) is 0 Å². The lowest BCUT2D eigenvalue weighted by Gasteiger charge is -2.31. The molecule has 1 atom stereocenters. The Balaban J connectivity index is 1.50. The highest BCUT2D eigenvalue weighted by Gasteiger charge is 2.36. The van der Waals surface area contributed by atoms with Crippen LogP contribution in [0.3, 0.4) is 0 Å². The summed E-state index contributed by atoms with van der Waals surface area (Å²) in [6, 6.07) is 6.57. The summed E-state index contributed by atoms with van der Waals surface area (Å²) in [5.74, 6) is 0.548. The Hall–Kier alpha value is -1.06. The number of amides is 1. The van der Waals surface area contributed by atoms with Crippen LogP contribution < -0.4 is 0 Å². The summed E-state index contributed by atoms with van der Waals surface area (Å²) >= 11 is 7.90. The summed E-state index contributed by atoms with van der Waals surface area (Å²) in [5.41, 5.74) is 1.29. The number of thiophene rings is 1. The molecule has 0 radical (unpaired) electrons. The van der Waals surface area contributed by atoms with Gasteiger partial charge in [0.2, 0.25) is 5.91 Å². The smallest absolute Gasteiger partial charge is 0.226 e. The minimum absolute atomic E-state index is 0.161. The molecule has 1 saturated heterocycles. The molecule has 1 unspecified atom stereocenters. The van der Waals surface area contributed by atoms with Crippen molar-refractivity contribution in [1.29, 1.82) is 0 Å². The number of carbonyl (C=O) groups is 1. The topological polar surface area (TPSA) is 20.3 Å². The maximum absolute atomic E-state index is 12.8. The molecule has 1 amide bonds. The van der Waals surface area contributed by atoms with Gasteiger partial charge in [0.15, 0.2) is 0 Å². The molecule has 1 aromatic carbocycles. The molecular weight excluding hydrogens is 326 g/mol. The van der Waals surface area contributed by atoms with E-state index in [1.54, 1.807) is 11.3 Å². The zero-order valence-electron chi connectivity index (χ0n) is 13.3. The van der Waals surface area contributed by atoms with Gasteiger partial charge in [-0.2, -0.15) is 0 Å². The van der Waals surface area contributed by atoms with Crippen LogP contribution >= 0.6 is 22.9 Å². The predicted octanol–water partition coefficient (Wildman–Crippen LogP) is 5.28. The normalized spacial score (nSPS) is 23.1. The average Bonchev–Trinajstić information content (AvgIpc) is 3.13. The third-order valence-corrected chi connectivity index (χ3v) is 6.70. The molecule has 1 aliphatic heterocycles. The zero-order valence-corrected chi connectivity index (χ0v) is 14.8. The van der Waals surface area contributed by atoms with Gasteiger partial charge in [-0.3, -0.25) is 4.79 Å². The van der Waals surface area contributed by atoms with Crippen molar-refractivity contribution < 1.29 is 4.79 Å². The van der Waals surface area contributed by atoms with Crippen molar-refractivity contribution >= 4 is 38.9 Å². The van der Waals surface area contributed by atoms with E-state index < -0.39 is 0 Å². The number of benzene rings is 1. The van der Waals surface area contributed by atoms with Crippen LogP contribution in [0.15, 0.2) is 23.6 Å². The van der Waals surface area contributed by atoms with Gasteiger partial charge in [-0.15, -0.1) is 11.3 Å². The fraction of sp³-hybridized carbons (Fsp3) is 0.526. The van der Waals surface area contributed by atoms with Gasteiger partial charge in [-0.05, 0) is 60.2 Å². The summed E-state index contributed by atoms with van der Waals surface area (Å²) in [6.07, 6.45) is 8.18. The van der Waals surface area contributed by atoms with Crippen LogP contribution in [0.1, 0.15) is 44.1 Å². The van der Waals surface area contributed by atoms with Gasteiger partial charge in [-0.25, -0.2) is 0 Å². The number of fused-ring (bicyclic) bond motifs is 1. The van der Waals surface area contributed by atoms with Crippen molar-refractivity contribution in [3.05, 3.63) is 34.2 Å². The molecule has 0 N–H and O–H groups in total. The maximum Gasteiger partial charge on any atom is 0.226 e. The molecule has 0 bridgehead atoms. The molecule has 1 saturated carbocycles. The largest absolute Gasteiger partial charge is 0.339 e. The van der Waals surface area contributed by atoms with Crippen molar-refractivity contribution in [1.82, 2.24) is 4.90 Å². The molecule has 23 heavy (non-hydrogen) atoms. The minimum Gasteiger partial charge on any atom is -0.339 e. The van der Waals surface area contributed by atoms with E-state index >= 15 is 0 Å². The number of rotatable bonds is 3. The first-order chi connectivity index (χ1) is 11.2. The van der Waals surface area contributed by atoms with Crippen molar-refractivity contribution in [3.63, 3.8) is 0 Å². The molecule has 2 nitrogen and oxygen atoms in total. The second-order valence-electron chi connectivity index (χ2n) is 6.91. The van der Waals surface area contributed by atoms with E-state index in [0.29, 0.717) is 11.9 Å². The van der Waals surface area contributed by atoms with Crippen LogP contribution in [0, 0.1) is 5.92 Å². The molecule has 122 valence electrons. The number of hydrogen-bond acceptors (Lipinski definition) is 2. The van der Waals surface area contributed by atoms with E-state index in [1.807, 2.05) is 12.1 Å². The third kappa shape index (κ3) is 3.01. The van der Waals surface area contributed by atoms with E-state index in [4.69, 9.17) is 11.6 Å². The Morgan fingerprint density at radius 1 is 1.17 bits per heavy atom. The minimum atomic E-state index is 0.161. The van der Waals surface area contributed by atoms with E-state index in [2.05, 4.69) is 16.3 Å². The Morgan fingerprint density at radius 2 is 2.00 bits per heavy atom. The fourth-order valence-electron chi connectivity index (χ4n) is 4.19. The van der Waals surface area contributed by atoms with Crippen molar-refractivity contribution in [2.45, 2.75) is 51.0 Å². The zero-order chi connectivity index (χ0) is 15.8. The molecule has 1 aliphatic carbocycles. The summed E-state index contributed by atoms with van der Waals surface area (Å²) < 4.78 is 1.26. The van der Waals surface area contributed by atoms with Gasteiger partial charge < -0.3 is 4.90 Å². The van der Waals surface area contributed by atoms with Crippen LogP contribution in [-0.2, 0) is 11.2 Å². The molecule has 2 aliphatic rings. The number of nitrogens with zero attached hydrogens (tertiary/aromatic N) is 1. The van der Waals surface area contributed by atoms with Gasteiger partial charge in [0, 0.05) is 28.2 Å². The molecule has 2 aromatic rings. The Morgan fingerprint density at radius 3 is 2.83 bits per heavy atom. The Bertz CT molecular complexity index is 719. The van der Waals surface area contributed by atoms with E-state index in [1.165, 1.54) is 47.8 Å². The van der Waals surface area contributed by atoms with Crippen LogP contribution in [0.25, 0.3) is 10.1 Å². The lowest BCUT2D eigenvalue weighted by atomic mass is 9.94. The maximum atomic E-state index is 12.8. The van der Waals surface area contributed by atoms with Gasteiger partial charge in [0.25, 0.3) is 0 Å². The SMILES string of the molecule is O=C1C(Cc2csc3ccc(Cl)cc23)CCN1C1CCCCC1. The summed E-state index contributed by atoms with van der Waals surface area (Å²) in [7, 11) is 0. The van der Waals surface area contributed by atoms with Crippen molar-refractivity contribution in [2.75, 3.05) is 6.54 Å². The molecule has 4 heteroatoms. The second kappa shape index (κ2) is 6.45. The van der Waals surface area contributed by atoms with Gasteiger partial charge in [0.05, 0.1) is 0 Å². The van der Waals surface area contributed by atoms with Crippen LogP contribution in [0.4, 0.5) is 0 Å². The third-order valence-electron chi connectivity index (χ3n) is 5.45.